The summed E-state index contributed by atoms with van der Waals surface area (Å²) in [7, 11) is 0. The van der Waals surface area contributed by atoms with Crippen LogP contribution in [0.2, 0.25) is 0 Å². The Kier molecular flexibility index (Phi) is 7.98. The van der Waals surface area contributed by atoms with Gasteiger partial charge in [-0.25, -0.2) is 0 Å². The van der Waals surface area contributed by atoms with Gasteiger partial charge in [-0.05, 0) is 160 Å². The van der Waals surface area contributed by atoms with Crippen LogP contribution in [-0.4, -0.2) is 0 Å². The van der Waals surface area contributed by atoms with E-state index in [1.807, 2.05) is 13.0 Å². The Balaban J connectivity index is 1.45. The normalized spacial score (nSPS) is 11.9. The Labute approximate surface area is 286 Å². The van der Waals surface area contributed by atoms with Gasteiger partial charge >= 0.3 is 6.18 Å². The molecule has 0 aliphatic rings. The fraction of sp³-hybridized carbons (Fsp3) is 0.174. The standard InChI is InChI=1S/C46H39F3/c1-26-16-18-33(20-28(26)3)39-21-31(6)41(23-29(39)4)44-35-12-8-10-14-37(35)45(38-15-11-9-13-36(38)44)42-24-30(5)40(22-32(42)7)34-19-17-27(2)43(25-34)46(47,48)49/h8-25H,1-7H3. The quantitative estimate of drug-likeness (QED) is 0.167. The molecular formula is C46H39F3. The lowest BCUT2D eigenvalue weighted by molar-refractivity contribution is -0.138. The summed E-state index contributed by atoms with van der Waals surface area (Å²) in [6, 6.07) is 37.4. The summed E-state index contributed by atoms with van der Waals surface area (Å²) in [5.41, 5.74) is 15.1. The van der Waals surface area contributed by atoms with E-state index in [1.165, 1.54) is 68.3 Å². The van der Waals surface area contributed by atoms with Crippen LogP contribution in [0.15, 0.2) is 109 Å². The van der Waals surface area contributed by atoms with Crippen molar-refractivity contribution >= 4 is 21.5 Å². The molecule has 0 aliphatic carbocycles. The molecule has 0 unspecified atom stereocenters. The number of hydrogen-bond acceptors (Lipinski definition) is 0. The zero-order chi connectivity index (χ0) is 34.8. The maximum absolute atomic E-state index is 13.8. The fourth-order valence-corrected chi connectivity index (χ4v) is 7.51. The molecule has 7 rings (SSSR count). The van der Waals surface area contributed by atoms with Crippen molar-refractivity contribution in [3.05, 3.63) is 154 Å². The van der Waals surface area contributed by atoms with Crippen LogP contribution < -0.4 is 0 Å². The van der Waals surface area contributed by atoms with Crippen molar-refractivity contribution in [3.8, 4) is 44.5 Å². The van der Waals surface area contributed by atoms with Gasteiger partial charge in [0.1, 0.15) is 0 Å². The molecule has 0 saturated heterocycles. The molecule has 49 heavy (non-hydrogen) atoms. The second-order valence-corrected chi connectivity index (χ2v) is 13.6. The highest BCUT2D eigenvalue weighted by molar-refractivity contribution is 6.22. The van der Waals surface area contributed by atoms with Crippen LogP contribution in [0, 0.1) is 48.5 Å². The Morgan fingerprint density at radius 3 is 1.12 bits per heavy atom. The van der Waals surface area contributed by atoms with Gasteiger partial charge in [0.25, 0.3) is 0 Å². The molecule has 0 nitrogen and oxygen atoms in total. The summed E-state index contributed by atoms with van der Waals surface area (Å²) >= 11 is 0. The molecule has 0 spiro atoms. The van der Waals surface area contributed by atoms with E-state index in [9.17, 15) is 13.2 Å². The Morgan fingerprint density at radius 1 is 0.347 bits per heavy atom. The molecule has 3 heteroatoms. The van der Waals surface area contributed by atoms with E-state index in [0.717, 1.165) is 38.6 Å². The van der Waals surface area contributed by atoms with E-state index < -0.39 is 11.7 Å². The molecule has 0 bridgehead atoms. The number of hydrogen-bond donors (Lipinski definition) is 0. The average Bonchev–Trinajstić information content (AvgIpc) is 3.07. The lowest BCUT2D eigenvalue weighted by atomic mass is 9.82. The topological polar surface area (TPSA) is 0 Å². The molecule has 0 heterocycles. The second-order valence-electron chi connectivity index (χ2n) is 13.6. The Bertz CT molecular complexity index is 2390. The minimum Gasteiger partial charge on any atom is -0.166 e. The van der Waals surface area contributed by atoms with Crippen molar-refractivity contribution in [1.29, 1.82) is 0 Å². The van der Waals surface area contributed by atoms with E-state index in [4.69, 9.17) is 0 Å². The van der Waals surface area contributed by atoms with E-state index in [1.54, 1.807) is 12.1 Å². The van der Waals surface area contributed by atoms with Crippen LogP contribution in [0.25, 0.3) is 66.1 Å². The maximum atomic E-state index is 13.8. The minimum absolute atomic E-state index is 0.227. The van der Waals surface area contributed by atoms with E-state index in [-0.39, 0.29) is 5.56 Å². The SMILES string of the molecule is Cc1ccc(-c2cc(C)c(-c3c4ccccc4c(-c4cc(C)c(-c5ccc(C)c(C(F)(F)F)c5)cc4C)c4ccccc34)cc2C)cc1C. The van der Waals surface area contributed by atoms with Crippen molar-refractivity contribution in [2.45, 2.75) is 54.6 Å². The number of fused-ring (bicyclic) bond motifs is 2. The Morgan fingerprint density at radius 2 is 0.714 bits per heavy atom. The third-order valence-electron chi connectivity index (χ3n) is 10.3. The molecule has 0 aliphatic heterocycles. The minimum atomic E-state index is -4.40. The summed E-state index contributed by atoms with van der Waals surface area (Å²) in [6.45, 7) is 14.3. The third-order valence-corrected chi connectivity index (χ3v) is 10.3. The average molecular weight is 649 g/mol. The maximum Gasteiger partial charge on any atom is 0.416 e. The lowest BCUT2D eigenvalue weighted by Gasteiger charge is -2.22. The monoisotopic (exact) mass is 648 g/mol. The molecule has 0 fully saturated rings. The van der Waals surface area contributed by atoms with Gasteiger partial charge in [0.2, 0.25) is 0 Å². The summed E-state index contributed by atoms with van der Waals surface area (Å²) < 4.78 is 41.5. The van der Waals surface area contributed by atoms with Crippen LogP contribution in [0.1, 0.15) is 44.5 Å². The van der Waals surface area contributed by atoms with Gasteiger partial charge in [0.05, 0.1) is 5.56 Å². The van der Waals surface area contributed by atoms with Crippen molar-refractivity contribution in [2.24, 2.45) is 0 Å². The van der Waals surface area contributed by atoms with Crippen LogP contribution >= 0.6 is 0 Å². The summed E-state index contributed by atoms with van der Waals surface area (Å²) in [5, 5.41) is 4.65. The highest BCUT2D eigenvalue weighted by Crippen LogP contribution is 2.47. The summed E-state index contributed by atoms with van der Waals surface area (Å²) in [4.78, 5) is 0. The first-order valence-electron chi connectivity index (χ1n) is 16.8. The van der Waals surface area contributed by atoms with Crippen LogP contribution in [-0.2, 0) is 6.18 Å². The van der Waals surface area contributed by atoms with Gasteiger partial charge in [-0.15, -0.1) is 0 Å². The molecule has 0 saturated carbocycles. The number of aryl methyl sites for hydroxylation is 7. The molecule has 244 valence electrons. The highest BCUT2D eigenvalue weighted by atomic mass is 19.4. The van der Waals surface area contributed by atoms with Crippen molar-refractivity contribution < 1.29 is 13.2 Å². The number of benzene rings is 7. The van der Waals surface area contributed by atoms with Gasteiger partial charge in [-0.3, -0.25) is 0 Å². The van der Waals surface area contributed by atoms with Gasteiger partial charge in [-0.1, -0.05) is 103 Å². The zero-order valence-corrected chi connectivity index (χ0v) is 29.0. The predicted molar refractivity (Wildman–Crippen MR) is 201 cm³/mol. The summed E-state index contributed by atoms with van der Waals surface area (Å²) in [6.07, 6.45) is -4.40. The number of rotatable bonds is 4. The first-order chi connectivity index (χ1) is 23.3. The largest absolute Gasteiger partial charge is 0.416 e. The highest BCUT2D eigenvalue weighted by Gasteiger charge is 2.32. The molecule has 0 N–H and O–H groups in total. The van der Waals surface area contributed by atoms with Crippen molar-refractivity contribution in [3.63, 3.8) is 0 Å². The molecule has 0 radical (unpaired) electrons. The zero-order valence-electron chi connectivity index (χ0n) is 29.0. The number of alkyl halides is 3. The van der Waals surface area contributed by atoms with Crippen LogP contribution in [0.3, 0.4) is 0 Å². The van der Waals surface area contributed by atoms with E-state index in [0.29, 0.717) is 5.56 Å². The predicted octanol–water partition coefficient (Wildman–Crippen LogP) is 13.8. The molecule has 7 aromatic rings. The van der Waals surface area contributed by atoms with Gasteiger partial charge in [0, 0.05) is 0 Å². The van der Waals surface area contributed by atoms with Crippen molar-refractivity contribution in [1.82, 2.24) is 0 Å². The van der Waals surface area contributed by atoms with Crippen molar-refractivity contribution in [2.75, 3.05) is 0 Å². The number of halogens is 3. The third kappa shape index (κ3) is 5.61. The lowest BCUT2D eigenvalue weighted by Crippen LogP contribution is -2.07. The smallest absolute Gasteiger partial charge is 0.166 e. The van der Waals surface area contributed by atoms with Gasteiger partial charge < -0.3 is 0 Å². The van der Waals surface area contributed by atoms with E-state index in [2.05, 4.69) is 120 Å². The molecule has 0 atom stereocenters. The Hall–Kier alpha value is -5.15. The second kappa shape index (κ2) is 12.1. The van der Waals surface area contributed by atoms with Crippen LogP contribution in [0.5, 0.6) is 0 Å². The summed E-state index contributed by atoms with van der Waals surface area (Å²) in [5.74, 6) is 0. The molecule has 0 aromatic heterocycles. The van der Waals surface area contributed by atoms with Crippen LogP contribution in [0.4, 0.5) is 13.2 Å². The molecule has 7 aromatic carbocycles. The molecular weight excluding hydrogens is 610 g/mol. The first-order valence-corrected chi connectivity index (χ1v) is 16.8. The van der Waals surface area contributed by atoms with Gasteiger partial charge in [0.15, 0.2) is 0 Å². The fourth-order valence-electron chi connectivity index (χ4n) is 7.51. The van der Waals surface area contributed by atoms with E-state index >= 15 is 0 Å². The molecule has 0 amide bonds. The first kappa shape index (κ1) is 32.4. The van der Waals surface area contributed by atoms with Gasteiger partial charge in [-0.2, -0.15) is 13.2 Å².